The summed E-state index contributed by atoms with van der Waals surface area (Å²) in [6.07, 6.45) is 2.68. The summed E-state index contributed by atoms with van der Waals surface area (Å²) in [6, 6.07) is 6.29. The molecule has 0 heterocycles. The smallest absolute Gasteiger partial charge is 0.120 e. The zero-order valence-corrected chi connectivity index (χ0v) is 8.75. The van der Waals surface area contributed by atoms with Gasteiger partial charge in [0.2, 0.25) is 0 Å². The number of phenolic OH excluding ortho intramolecular Hbond substituents is 1. The number of hydrogen-bond acceptors (Lipinski definition) is 2. The Balaban J connectivity index is 2.04. The lowest BCUT2D eigenvalue weighted by atomic mass is 10.1. The lowest BCUT2D eigenvalue weighted by Gasteiger charge is -2.14. The van der Waals surface area contributed by atoms with E-state index in [0.29, 0.717) is 11.8 Å². The molecule has 1 atom stereocenters. The molecule has 1 aromatic rings. The van der Waals surface area contributed by atoms with Crippen LogP contribution in [0.1, 0.15) is 25.3 Å². The van der Waals surface area contributed by atoms with Gasteiger partial charge >= 0.3 is 0 Å². The van der Waals surface area contributed by atoms with Crippen molar-refractivity contribution in [3.63, 3.8) is 0 Å². The fraction of sp³-hybridized carbons (Fsp3) is 0.500. The predicted molar refractivity (Wildman–Crippen MR) is 58.7 cm³/mol. The molecule has 0 bridgehead atoms. The highest BCUT2D eigenvalue weighted by atomic mass is 16.3. The van der Waals surface area contributed by atoms with Gasteiger partial charge in [-0.3, -0.25) is 0 Å². The first-order valence-electron chi connectivity index (χ1n) is 5.23. The molecule has 0 radical (unpaired) electrons. The van der Waals surface area contributed by atoms with Crippen molar-refractivity contribution < 1.29 is 5.11 Å². The Hall–Kier alpha value is -1.18. The maximum Gasteiger partial charge on any atom is 0.120 e. The first-order valence-corrected chi connectivity index (χ1v) is 5.23. The molecule has 2 heteroatoms. The van der Waals surface area contributed by atoms with Crippen LogP contribution in [0.5, 0.6) is 5.75 Å². The van der Waals surface area contributed by atoms with Gasteiger partial charge in [-0.25, -0.2) is 0 Å². The van der Waals surface area contributed by atoms with Crippen molar-refractivity contribution in [3.05, 3.63) is 23.8 Å². The van der Waals surface area contributed by atoms with E-state index >= 15 is 0 Å². The van der Waals surface area contributed by atoms with E-state index in [4.69, 9.17) is 0 Å². The summed E-state index contributed by atoms with van der Waals surface area (Å²) >= 11 is 0. The Morgan fingerprint density at radius 1 is 1.43 bits per heavy atom. The van der Waals surface area contributed by atoms with Crippen molar-refractivity contribution in [3.8, 4) is 5.75 Å². The number of benzene rings is 1. The highest BCUT2D eigenvalue weighted by Crippen LogP contribution is 2.34. The average Bonchev–Trinajstić information content (AvgIpc) is 2.94. The van der Waals surface area contributed by atoms with Crippen LogP contribution in [0.4, 0.5) is 5.69 Å². The predicted octanol–water partition coefficient (Wildman–Crippen LogP) is 2.91. The molecule has 1 aliphatic carbocycles. The molecule has 1 aliphatic rings. The van der Waals surface area contributed by atoms with Gasteiger partial charge in [-0.2, -0.15) is 0 Å². The van der Waals surface area contributed by atoms with Gasteiger partial charge in [-0.05, 0) is 44.2 Å². The van der Waals surface area contributed by atoms with Gasteiger partial charge < -0.3 is 10.4 Å². The Morgan fingerprint density at radius 2 is 2.14 bits per heavy atom. The normalized spacial score (nSPS) is 17.9. The maximum absolute atomic E-state index is 9.53. The van der Waals surface area contributed by atoms with Crippen LogP contribution >= 0.6 is 0 Å². The average molecular weight is 191 g/mol. The number of rotatable bonds is 3. The van der Waals surface area contributed by atoms with Crippen molar-refractivity contribution in [1.29, 1.82) is 0 Å². The van der Waals surface area contributed by atoms with E-state index < -0.39 is 0 Å². The summed E-state index contributed by atoms with van der Waals surface area (Å²) in [5.41, 5.74) is 1.95. The van der Waals surface area contributed by atoms with Gasteiger partial charge in [0.15, 0.2) is 0 Å². The number of aryl methyl sites for hydroxylation is 1. The van der Waals surface area contributed by atoms with Gasteiger partial charge in [-0.1, -0.05) is 6.07 Å². The molecule has 2 rings (SSSR count). The second kappa shape index (κ2) is 3.52. The number of hydrogen-bond donors (Lipinski definition) is 2. The van der Waals surface area contributed by atoms with E-state index in [-0.39, 0.29) is 0 Å². The van der Waals surface area contributed by atoms with E-state index in [9.17, 15) is 5.11 Å². The SMILES string of the molecule is Cc1ccc(NC(C)C2CC2)cc1O. The molecule has 1 fully saturated rings. The van der Waals surface area contributed by atoms with E-state index in [1.165, 1.54) is 12.8 Å². The largest absolute Gasteiger partial charge is 0.508 e. The maximum atomic E-state index is 9.53. The van der Waals surface area contributed by atoms with Crippen LogP contribution in [0.2, 0.25) is 0 Å². The van der Waals surface area contributed by atoms with E-state index in [1.54, 1.807) is 6.07 Å². The molecule has 1 aromatic carbocycles. The first kappa shape index (κ1) is 9.38. The molecule has 0 amide bonds. The van der Waals surface area contributed by atoms with Crippen molar-refractivity contribution in [2.75, 3.05) is 5.32 Å². The zero-order chi connectivity index (χ0) is 10.1. The van der Waals surface area contributed by atoms with E-state index in [1.807, 2.05) is 19.1 Å². The lowest BCUT2D eigenvalue weighted by molar-refractivity contribution is 0.471. The minimum absolute atomic E-state index is 0.373. The number of nitrogens with one attached hydrogen (secondary N) is 1. The molecule has 0 aromatic heterocycles. The minimum atomic E-state index is 0.373. The minimum Gasteiger partial charge on any atom is -0.508 e. The number of anilines is 1. The second-order valence-electron chi connectivity index (χ2n) is 4.27. The summed E-state index contributed by atoms with van der Waals surface area (Å²) < 4.78 is 0. The Bertz CT molecular complexity index is 331. The summed E-state index contributed by atoms with van der Waals surface area (Å²) in [4.78, 5) is 0. The molecule has 1 unspecified atom stereocenters. The molecule has 2 nitrogen and oxygen atoms in total. The van der Waals surface area contributed by atoms with Crippen LogP contribution in [-0.4, -0.2) is 11.1 Å². The van der Waals surface area contributed by atoms with Crippen LogP contribution in [0.3, 0.4) is 0 Å². The van der Waals surface area contributed by atoms with Crippen LogP contribution in [-0.2, 0) is 0 Å². The van der Waals surface area contributed by atoms with Crippen LogP contribution in [0.25, 0.3) is 0 Å². The van der Waals surface area contributed by atoms with Crippen LogP contribution < -0.4 is 5.32 Å². The third kappa shape index (κ3) is 2.00. The molecular formula is C12H17NO. The number of phenols is 1. The Morgan fingerprint density at radius 3 is 2.71 bits per heavy atom. The Labute approximate surface area is 85.0 Å². The van der Waals surface area contributed by atoms with Gasteiger partial charge in [-0.15, -0.1) is 0 Å². The van der Waals surface area contributed by atoms with Crippen molar-refractivity contribution in [2.24, 2.45) is 5.92 Å². The van der Waals surface area contributed by atoms with Gasteiger partial charge in [0, 0.05) is 17.8 Å². The fourth-order valence-electron chi connectivity index (χ4n) is 1.68. The fourth-order valence-corrected chi connectivity index (χ4v) is 1.68. The third-order valence-corrected chi connectivity index (χ3v) is 2.93. The topological polar surface area (TPSA) is 32.3 Å². The van der Waals surface area contributed by atoms with Crippen molar-refractivity contribution in [1.82, 2.24) is 0 Å². The van der Waals surface area contributed by atoms with Crippen LogP contribution in [0.15, 0.2) is 18.2 Å². The standard InChI is InChI=1S/C12H17NO/c1-8-3-6-11(7-12(8)14)13-9(2)10-4-5-10/h3,6-7,9-10,13-14H,4-5H2,1-2H3. The first-order chi connectivity index (χ1) is 6.66. The molecule has 76 valence electrons. The molecule has 0 aliphatic heterocycles. The summed E-state index contributed by atoms with van der Waals surface area (Å²) in [5, 5.41) is 12.9. The summed E-state index contributed by atoms with van der Waals surface area (Å²) in [6.45, 7) is 4.11. The Kier molecular flexibility index (Phi) is 2.36. The lowest BCUT2D eigenvalue weighted by Crippen LogP contribution is -2.16. The van der Waals surface area contributed by atoms with Gasteiger partial charge in [0.1, 0.15) is 5.75 Å². The summed E-state index contributed by atoms with van der Waals surface area (Å²) in [5.74, 6) is 1.21. The van der Waals surface area contributed by atoms with Crippen LogP contribution in [0, 0.1) is 12.8 Å². The van der Waals surface area contributed by atoms with Crippen molar-refractivity contribution in [2.45, 2.75) is 32.7 Å². The number of aromatic hydroxyl groups is 1. The highest BCUT2D eigenvalue weighted by Gasteiger charge is 2.27. The zero-order valence-electron chi connectivity index (χ0n) is 8.75. The summed E-state index contributed by atoms with van der Waals surface area (Å²) in [7, 11) is 0. The van der Waals surface area contributed by atoms with Gasteiger partial charge in [0.25, 0.3) is 0 Å². The van der Waals surface area contributed by atoms with Crippen molar-refractivity contribution >= 4 is 5.69 Å². The van der Waals surface area contributed by atoms with E-state index in [2.05, 4.69) is 12.2 Å². The molecule has 14 heavy (non-hydrogen) atoms. The van der Waals surface area contributed by atoms with Gasteiger partial charge in [0.05, 0.1) is 0 Å². The third-order valence-electron chi connectivity index (χ3n) is 2.93. The van der Waals surface area contributed by atoms with E-state index in [0.717, 1.165) is 17.2 Å². The molecular weight excluding hydrogens is 174 g/mol. The monoisotopic (exact) mass is 191 g/mol. The molecule has 1 saturated carbocycles. The quantitative estimate of drug-likeness (QED) is 0.770. The molecule has 0 spiro atoms. The second-order valence-corrected chi connectivity index (χ2v) is 4.27. The molecule has 0 saturated heterocycles. The highest BCUT2D eigenvalue weighted by molar-refractivity contribution is 5.51. The molecule has 2 N–H and O–H groups in total.